The summed E-state index contributed by atoms with van der Waals surface area (Å²) in [4.78, 5) is 24.3. The van der Waals surface area contributed by atoms with E-state index >= 15 is 0 Å². The zero-order chi connectivity index (χ0) is 23.8. The van der Waals surface area contributed by atoms with Crippen LogP contribution in [0.4, 0.5) is 5.13 Å². The van der Waals surface area contributed by atoms with Crippen LogP contribution in [0.5, 0.6) is 5.75 Å². The number of nitrogens with one attached hydrogen (secondary N) is 2. The molecule has 0 unspecified atom stereocenters. The van der Waals surface area contributed by atoms with Crippen molar-refractivity contribution in [3.8, 4) is 16.3 Å². The van der Waals surface area contributed by atoms with E-state index in [4.69, 9.17) is 4.74 Å². The maximum atomic E-state index is 12.2. The number of hydrogen-bond acceptors (Lipinski definition) is 7. The molecule has 0 aliphatic carbocycles. The number of halogens is 1. The van der Waals surface area contributed by atoms with Gasteiger partial charge < -0.3 is 4.74 Å². The molecule has 0 aliphatic heterocycles. The Morgan fingerprint density at radius 2 is 1.76 bits per heavy atom. The van der Waals surface area contributed by atoms with Gasteiger partial charge in [0.2, 0.25) is 5.13 Å². The molecule has 0 saturated heterocycles. The van der Waals surface area contributed by atoms with E-state index in [9.17, 15) is 9.59 Å². The zero-order valence-electron chi connectivity index (χ0n) is 17.6. The summed E-state index contributed by atoms with van der Waals surface area (Å²) in [5.74, 6) is -1.24. The number of nitrogens with zero attached hydrogens (tertiary/aromatic N) is 3. The molecular weight excluding hydrogens is 518 g/mol. The third-order valence-corrected chi connectivity index (χ3v) is 5.83. The Morgan fingerprint density at radius 3 is 2.59 bits per heavy atom. The minimum absolute atomic E-state index is 0.217. The molecule has 1 heterocycles. The summed E-state index contributed by atoms with van der Waals surface area (Å²) in [7, 11) is 0. The fraction of sp³-hybridized carbons (Fsp3) is 0.0417. The minimum atomic E-state index is -0.930. The molecule has 3 aromatic carbocycles. The molecule has 0 atom stereocenters. The molecule has 1 aromatic heterocycles. The highest BCUT2D eigenvalue weighted by Gasteiger charge is 2.16. The molecule has 4 aromatic rings. The van der Waals surface area contributed by atoms with Crippen LogP contribution >= 0.6 is 27.3 Å². The van der Waals surface area contributed by atoms with Gasteiger partial charge in [0.1, 0.15) is 17.4 Å². The van der Waals surface area contributed by atoms with Gasteiger partial charge >= 0.3 is 11.8 Å². The smallest absolute Gasteiger partial charge is 0.329 e. The Morgan fingerprint density at radius 1 is 0.971 bits per heavy atom. The normalized spacial score (nSPS) is 10.7. The first-order valence-corrected chi connectivity index (χ1v) is 11.7. The average Bonchev–Trinajstić information content (AvgIpc) is 3.32. The molecule has 0 bridgehead atoms. The van der Waals surface area contributed by atoms with E-state index in [-0.39, 0.29) is 5.13 Å². The quantitative estimate of drug-likeness (QED) is 0.204. The molecule has 170 valence electrons. The van der Waals surface area contributed by atoms with Crippen molar-refractivity contribution < 1.29 is 14.3 Å². The number of anilines is 1. The molecule has 0 saturated carbocycles. The van der Waals surface area contributed by atoms with Gasteiger partial charge in [-0.3, -0.25) is 14.9 Å². The Kier molecular flexibility index (Phi) is 7.74. The van der Waals surface area contributed by atoms with Gasteiger partial charge in [-0.15, -0.1) is 10.2 Å². The summed E-state index contributed by atoms with van der Waals surface area (Å²) in [6, 6.07) is 24.5. The van der Waals surface area contributed by atoms with Crippen LogP contribution in [-0.4, -0.2) is 28.2 Å². The SMILES string of the molecule is O=C(N/N=C/c1ccccc1OCc1cccc(Br)c1)C(=O)Nc1nnc(-c2ccccc2)s1. The molecular formula is C24H18BrN5O3S. The largest absolute Gasteiger partial charge is 0.488 e. The second-order valence-electron chi connectivity index (χ2n) is 6.89. The second-order valence-corrected chi connectivity index (χ2v) is 8.78. The van der Waals surface area contributed by atoms with Gasteiger partial charge in [0.25, 0.3) is 0 Å². The van der Waals surface area contributed by atoms with Gasteiger partial charge in [0, 0.05) is 15.6 Å². The lowest BCUT2D eigenvalue weighted by Crippen LogP contribution is -2.32. The van der Waals surface area contributed by atoms with Crippen molar-refractivity contribution in [3.05, 3.63) is 94.5 Å². The number of benzene rings is 3. The highest BCUT2D eigenvalue weighted by molar-refractivity contribution is 9.10. The highest BCUT2D eigenvalue weighted by Crippen LogP contribution is 2.25. The van der Waals surface area contributed by atoms with Gasteiger partial charge in [-0.25, -0.2) is 5.43 Å². The molecule has 8 nitrogen and oxygen atoms in total. The number of carbonyl (C=O) groups is 2. The van der Waals surface area contributed by atoms with E-state index < -0.39 is 11.8 Å². The van der Waals surface area contributed by atoms with Crippen LogP contribution in [0.1, 0.15) is 11.1 Å². The molecule has 34 heavy (non-hydrogen) atoms. The predicted molar refractivity (Wildman–Crippen MR) is 135 cm³/mol. The molecule has 4 rings (SSSR count). The van der Waals surface area contributed by atoms with Crippen LogP contribution in [0.25, 0.3) is 10.6 Å². The van der Waals surface area contributed by atoms with Crippen LogP contribution in [0, 0.1) is 0 Å². The first-order valence-electron chi connectivity index (χ1n) is 10.1. The lowest BCUT2D eigenvalue weighted by molar-refractivity contribution is -0.136. The number of ether oxygens (including phenoxy) is 1. The predicted octanol–water partition coefficient (Wildman–Crippen LogP) is 4.64. The van der Waals surface area contributed by atoms with Crippen LogP contribution < -0.4 is 15.5 Å². The summed E-state index contributed by atoms with van der Waals surface area (Å²) >= 11 is 4.61. The van der Waals surface area contributed by atoms with E-state index in [1.807, 2.05) is 66.7 Å². The Hall–Kier alpha value is -3.89. The van der Waals surface area contributed by atoms with Gasteiger partial charge in [-0.2, -0.15) is 5.10 Å². The van der Waals surface area contributed by atoms with Crippen LogP contribution in [0.2, 0.25) is 0 Å². The fourth-order valence-corrected chi connectivity index (χ4v) is 4.03. The summed E-state index contributed by atoms with van der Waals surface area (Å²) in [5.41, 5.74) is 4.73. The molecule has 10 heteroatoms. The summed E-state index contributed by atoms with van der Waals surface area (Å²) < 4.78 is 6.85. The third-order valence-electron chi connectivity index (χ3n) is 4.44. The topological polar surface area (TPSA) is 106 Å². The van der Waals surface area contributed by atoms with E-state index in [2.05, 4.69) is 42.0 Å². The second kappa shape index (κ2) is 11.3. The monoisotopic (exact) mass is 535 g/mol. The average molecular weight is 536 g/mol. The number of rotatable bonds is 7. The van der Waals surface area contributed by atoms with Gasteiger partial charge in [-0.05, 0) is 29.8 Å². The maximum Gasteiger partial charge on any atom is 0.329 e. The van der Waals surface area contributed by atoms with Crippen molar-refractivity contribution in [2.45, 2.75) is 6.61 Å². The van der Waals surface area contributed by atoms with E-state index in [1.165, 1.54) is 17.6 Å². The first kappa shape index (κ1) is 23.3. The van der Waals surface area contributed by atoms with Crippen LogP contribution in [-0.2, 0) is 16.2 Å². The highest BCUT2D eigenvalue weighted by atomic mass is 79.9. The van der Waals surface area contributed by atoms with Gasteiger partial charge in [0.05, 0.1) is 6.21 Å². The number of hydrogen-bond donors (Lipinski definition) is 2. The van der Waals surface area contributed by atoms with Crippen molar-refractivity contribution in [1.82, 2.24) is 15.6 Å². The van der Waals surface area contributed by atoms with Crippen molar-refractivity contribution in [3.63, 3.8) is 0 Å². The Labute approximate surface area is 207 Å². The third kappa shape index (κ3) is 6.33. The van der Waals surface area contributed by atoms with Crippen LogP contribution in [0.3, 0.4) is 0 Å². The summed E-state index contributed by atoms with van der Waals surface area (Å²) in [5, 5.41) is 15.1. The summed E-state index contributed by atoms with van der Waals surface area (Å²) in [6.07, 6.45) is 1.42. The standard InChI is InChI=1S/C24H18BrN5O3S/c25-19-11-6-7-16(13-19)15-33-20-12-5-4-10-18(20)14-26-28-22(32)21(31)27-24-30-29-23(34-24)17-8-2-1-3-9-17/h1-14H,15H2,(H,28,32)(H,27,30,31)/b26-14+. The molecule has 0 aliphatic rings. The lowest BCUT2D eigenvalue weighted by atomic mass is 10.2. The van der Waals surface area contributed by atoms with Gasteiger partial charge in [0.15, 0.2) is 0 Å². The fourth-order valence-electron chi connectivity index (χ4n) is 2.84. The maximum absolute atomic E-state index is 12.2. The minimum Gasteiger partial charge on any atom is -0.488 e. The number of para-hydroxylation sites is 1. The van der Waals surface area contributed by atoms with Crippen molar-refractivity contribution in [1.29, 1.82) is 0 Å². The molecule has 0 radical (unpaired) electrons. The van der Waals surface area contributed by atoms with E-state index in [0.29, 0.717) is 22.9 Å². The number of amides is 2. The number of carbonyl (C=O) groups excluding carboxylic acids is 2. The van der Waals surface area contributed by atoms with Crippen LogP contribution in [0.15, 0.2) is 88.4 Å². The first-order chi connectivity index (χ1) is 16.6. The van der Waals surface area contributed by atoms with Crippen molar-refractivity contribution in [2.75, 3.05) is 5.32 Å². The molecule has 0 fully saturated rings. The van der Waals surface area contributed by atoms with Crippen molar-refractivity contribution in [2.24, 2.45) is 5.10 Å². The summed E-state index contributed by atoms with van der Waals surface area (Å²) in [6.45, 7) is 0.367. The number of aromatic nitrogens is 2. The van der Waals surface area contributed by atoms with E-state index in [0.717, 1.165) is 15.6 Å². The molecule has 0 spiro atoms. The lowest BCUT2D eigenvalue weighted by Gasteiger charge is -2.09. The Balaban J connectivity index is 1.32. The molecule has 2 N–H and O–H groups in total. The van der Waals surface area contributed by atoms with Crippen molar-refractivity contribution >= 4 is 50.4 Å². The Bertz CT molecular complexity index is 1330. The van der Waals surface area contributed by atoms with Gasteiger partial charge in [-0.1, -0.05) is 81.9 Å². The molecule has 2 amide bonds. The van der Waals surface area contributed by atoms with E-state index in [1.54, 1.807) is 12.1 Å². The zero-order valence-corrected chi connectivity index (χ0v) is 20.0. The number of hydrazone groups is 1.